The van der Waals surface area contributed by atoms with E-state index in [1.165, 1.54) is 25.8 Å². The molecule has 2 fully saturated rings. The summed E-state index contributed by atoms with van der Waals surface area (Å²) in [6.07, 6.45) is 7.69. The predicted molar refractivity (Wildman–Crippen MR) is 106 cm³/mol. The number of guanidine groups is 1. The lowest BCUT2D eigenvalue weighted by atomic mass is 9.86. The summed E-state index contributed by atoms with van der Waals surface area (Å²) in [4.78, 5) is 19.3. The van der Waals surface area contributed by atoms with Gasteiger partial charge in [0.05, 0.1) is 19.1 Å². The topological polar surface area (TPSA) is 66.0 Å². The molecule has 150 valence electrons. The Morgan fingerprint density at radius 2 is 1.88 bits per heavy atom. The minimum absolute atomic E-state index is 0.0246. The van der Waals surface area contributed by atoms with E-state index in [0.717, 1.165) is 51.3 Å². The van der Waals surface area contributed by atoms with Crippen LogP contribution in [0.3, 0.4) is 0 Å². The third kappa shape index (κ3) is 6.45. The Hall–Kier alpha value is -1.30. The highest BCUT2D eigenvalue weighted by atomic mass is 16.5. The largest absolute Gasteiger partial charge is 0.466 e. The molecule has 26 heavy (non-hydrogen) atoms. The number of likely N-dealkylation sites (N-methyl/N-ethyl adjacent to an activating group) is 1. The Bertz CT molecular complexity index is 447. The van der Waals surface area contributed by atoms with Gasteiger partial charge < -0.3 is 15.4 Å². The van der Waals surface area contributed by atoms with Crippen LogP contribution >= 0.6 is 0 Å². The molecule has 6 nitrogen and oxygen atoms in total. The summed E-state index contributed by atoms with van der Waals surface area (Å²) >= 11 is 0. The first-order valence-electron chi connectivity index (χ1n) is 10.6. The van der Waals surface area contributed by atoms with Crippen molar-refractivity contribution in [3.05, 3.63) is 0 Å². The molecule has 2 rings (SSSR count). The molecule has 0 radical (unpaired) electrons. The van der Waals surface area contributed by atoms with Gasteiger partial charge in [0.15, 0.2) is 5.96 Å². The van der Waals surface area contributed by atoms with E-state index in [1.54, 1.807) is 0 Å². The number of piperidine rings is 1. The van der Waals surface area contributed by atoms with Gasteiger partial charge in [-0.05, 0) is 65.5 Å². The average molecular weight is 367 g/mol. The van der Waals surface area contributed by atoms with E-state index in [2.05, 4.69) is 29.4 Å². The maximum Gasteiger partial charge on any atom is 0.308 e. The second kappa shape index (κ2) is 11.4. The molecule has 1 unspecified atom stereocenters. The fraction of sp³-hybridized carbons (Fsp3) is 0.900. The zero-order valence-electron chi connectivity index (χ0n) is 16.9. The van der Waals surface area contributed by atoms with Gasteiger partial charge >= 0.3 is 5.97 Å². The number of nitrogens with zero attached hydrogens (tertiary/aromatic N) is 2. The van der Waals surface area contributed by atoms with Crippen LogP contribution in [0.1, 0.15) is 65.7 Å². The predicted octanol–water partition coefficient (Wildman–Crippen LogP) is 2.54. The van der Waals surface area contributed by atoms with Gasteiger partial charge in [-0.1, -0.05) is 13.3 Å². The van der Waals surface area contributed by atoms with Crippen molar-refractivity contribution in [2.45, 2.75) is 77.8 Å². The Kier molecular flexibility index (Phi) is 9.23. The summed E-state index contributed by atoms with van der Waals surface area (Å²) < 4.78 is 5.16. The number of esters is 1. The van der Waals surface area contributed by atoms with E-state index >= 15 is 0 Å². The molecule has 1 saturated carbocycles. The molecule has 1 heterocycles. The normalized spacial score (nSPS) is 27.8. The van der Waals surface area contributed by atoms with E-state index in [-0.39, 0.29) is 11.9 Å². The molecule has 0 aromatic rings. The molecule has 2 aliphatic rings. The summed E-state index contributed by atoms with van der Waals surface area (Å²) in [5.74, 6) is 0.977. The van der Waals surface area contributed by atoms with Gasteiger partial charge in [0, 0.05) is 18.6 Å². The summed E-state index contributed by atoms with van der Waals surface area (Å²) in [7, 11) is 0. The van der Waals surface area contributed by atoms with Gasteiger partial charge in [0.25, 0.3) is 0 Å². The summed E-state index contributed by atoms with van der Waals surface area (Å²) in [6, 6.07) is 0.968. The lowest BCUT2D eigenvalue weighted by molar-refractivity contribution is -0.149. The zero-order chi connectivity index (χ0) is 18.8. The van der Waals surface area contributed by atoms with Crippen LogP contribution < -0.4 is 10.6 Å². The number of hydrogen-bond donors (Lipinski definition) is 2. The van der Waals surface area contributed by atoms with Crippen LogP contribution in [0.15, 0.2) is 4.99 Å². The molecule has 1 aliphatic carbocycles. The molecular weight excluding hydrogens is 328 g/mol. The summed E-state index contributed by atoms with van der Waals surface area (Å²) in [5, 5.41) is 6.97. The quantitative estimate of drug-likeness (QED) is 0.412. The van der Waals surface area contributed by atoms with Crippen LogP contribution in [-0.4, -0.2) is 61.7 Å². The zero-order valence-corrected chi connectivity index (χ0v) is 16.9. The van der Waals surface area contributed by atoms with Crippen LogP contribution in [0.4, 0.5) is 0 Å². The highest BCUT2D eigenvalue weighted by Gasteiger charge is 2.27. The Morgan fingerprint density at radius 3 is 2.54 bits per heavy atom. The van der Waals surface area contributed by atoms with E-state index in [4.69, 9.17) is 9.73 Å². The van der Waals surface area contributed by atoms with Crippen molar-refractivity contribution in [2.75, 3.05) is 32.8 Å². The van der Waals surface area contributed by atoms with Gasteiger partial charge in [-0.15, -0.1) is 0 Å². The Balaban J connectivity index is 1.83. The molecule has 1 atom stereocenters. The van der Waals surface area contributed by atoms with Gasteiger partial charge in [0.1, 0.15) is 0 Å². The summed E-state index contributed by atoms with van der Waals surface area (Å²) in [6.45, 7) is 10.7. The highest BCUT2D eigenvalue weighted by molar-refractivity contribution is 5.80. The van der Waals surface area contributed by atoms with Crippen LogP contribution in [0.2, 0.25) is 0 Å². The first-order chi connectivity index (χ1) is 12.7. The van der Waals surface area contributed by atoms with Crippen LogP contribution in [0.25, 0.3) is 0 Å². The third-order valence-corrected chi connectivity index (χ3v) is 5.65. The van der Waals surface area contributed by atoms with Gasteiger partial charge in [-0.2, -0.15) is 0 Å². The fourth-order valence-corrected chi connectivity index (χ4v) is 4.13. The minimum atomic E-state index is -0.0246. The van der Waals surface area contributed by atoms with Crippen molar-refractivity contribution in [3.63, 3.8) is 0 Å². The molecule has 1 aliphatic heterocycles. The number of ether oxygens (including phenoxy) is 1. The van der Waals surface area contributed by atoms with Crippen LogP contribution in [-0.2, 0) is 9.53 Å². The van der Waals surface area contributed by atoms with Crippen LogP contribution in [0.5, 0.6) is 0 Å². The van der Waals surface area contributed by atoms with E-state index in [1.807, 2.05) is 6.92 Å². The third-order valence-electron chi connectivity index (χ3n) is 5.65. The Labute approximate surface area is 159 Å². The molecule has 2 N–H and O–H groups in total. The molecule has 0 aromatic heterocycles. The maximum atomic E-state index is 11.9. The number of hydrogen-bond acceptors (Lipinski definition) is 4. The van der Waals surface area contributed by atoms with Gasteiger partial charge in [0.2, 0.25) is 0 Å². The fourth-order valence-electron chi connectivity index (χ4n) is 4.13. The van der Waals surface area contributed by atoms with E-state index in [0.29, 0.717) is 18.7 Å². The number of carbonyl (C=O) groups is 1. The molecule has 0 bridgehead atoms. The number of aliphatic imine (C=N–C) groups is 1. The SMILES string of the molecule is CCNC(=NCC1CCCCN1CC)NC1CCC(C(=O)OCC)CC1. The lowest BCUT2D eigenvalue weighted by Crippen LogP contribution is -2.47. The van der Waals surface area contributed by atoms with Crippen molar-refractivity contribution in [1.29, 1.82) is 0 Å². The van der Waals surface area contributed by atoms with Crippen molar-refractivity contribution in [1.82, 2.24) is 15.5 Å². The van der Waals surface area contributed by atoms with E-state index in [9.17, 15) is 4.79 Å². The average Bonchev–Trinajstić information content (AvgIpc) is 2.67. The lowest BCUT2D eigenvalue weighted by Gasteiger charge is -2.34. The summed E-state index contributed by atoms with van der Waals surface area (Å²) in [5.41, 5.74) is 0. The first kappa shape index (κ1) is 21.0. The van der Waals surface area contributed by atoms with Gasteiger partial charge in [-0.3, -0.25) is 14.7 Å². The molecule has 0 aromatic carbocycles. The number of nitrogens with one attached hydrogen (secondary N) is 2. The van der Waals surface area contributed by atoms with Crippen LogP contribution in [0, 0.1) is 5.92 Å². The van der Waals surface area contributed by atoms with Crippen molar-refractivity contribution in [2.24, 2.45) is 10.9 Å². The standard InChI is InChI=1S/C20H38N4O2/c1-4-21-20(22-15-18-9-7-8-14-24(18)5-2)23-17-12-10-16(11-13-17)19(25)26-6-3/h16-18H,4-15H2,1-3H3,(H2,21,22,23). The number of likely N-dealkylation sites (tertiary alicyclic amines) is 1. The molecule has 1 saturated heterocycles. The maximum absolute atomic E-state index is 11.9. The van der Waals surface area contributed by atoms with Crippen molar-refractivity contribution < 1.29 is 9.53 Å². The molecular formula is C20H38N4O2. The van der Waals surface area contributed by atoms with Gasteiger partial charge in [-0.25, -0.2) is 0 Å². The molecule has 6 heteroatoms. The minimum Gasteiger partial charge on any atom is -0.466 e. The number of rotatable bonds is 7. The molecule has 0 amide bonds. The highest BCUT2D eigenvalue weighted by Crippen LogP contribution is 2.25. The van der Waals surface area contributed by atoms with Crippen molar-refractivity contribution in [3.8, 4) is 0 Å². The number of carbonyl (C=O) groups excluding carboxylic acids is 1. The first-order valence-corrected chi connectivity index (χ1v) is 10.6. The smallest absolute Gasteiger partial charge is 0.308 e. The van der Waals surface area contributed by atoms with Crippen molar-refractivity contribution >= 4 is 11.9 Å². The second-order valence-electron chi connectivity index (χ2n) is 7.44. The monoisotopic (exact) mass is 366 g/mol. The second-order valence-corrected chi connectivity index (χ2v) is 7.44. The van der Waals surface area contributed by atoms with E-state index < -0.39 is 0 Å². The molecule has 0 spiro atoms. The Morgan fingerprint density at radius 1 is 1.12 bits per heavy atom.